The number of amides is 2. The first-order chi connectivity index (χ1) is 10.0. The van der Waals surface area contributed by atoms with Gasteiger partial charge in [0.25, 0.3) is 0 Å². The molecule has 1 aliphatic heterocycles. The number of carbonyl (C=O) groups excluding carboxylic acids is 2. The van der Waals surface area contributed by atoms with Gasteiger partial charge in [0.15, 0.2) is 0 Å². The van der Waals surface area contributed by atoms with Gasteiger partial charge in [-0.1, -0.05) is 12.1 Å². The molecule has 0 saturated carbocycles. The van der Waals surface area contributed by atoms with E-state index >= 15 is 0 Å². The number of likely N-dealkylation sites (tertiary alicyclic amines) is 1. The third kappa shape index (κ3) is 3.39. The van der Waals surface area contributed by atoms with E-state index in [2.05, 4.69) is 5.32 Å². The molecular formula is C15H18N2O4. The fourth-order valence-corrected chi connectivity index (χ4v) is 2.41. The summed E-state index contributed by atoms with van der Waals surface area (Å²) in [7, 11) is 0. The molecule has 6 nitrogen and oxygen atoms in total. The van der Waals surface area contributed by atoms with Crippen LogP contribution in [0.15, 0.2) is 24.3 Å². The Bertz CT molecular complexity index is 553. The highest BCUT2D eigenvalue weighted by Crippen LogP contribution is 2.20. The van der Waals surface area contributed by atoms with E-state index in [0.29, 0.717) is 26.1 Å². The predicted octanol–water partition coefficient (Wildman–Crippen LogP) is 0.869. The number of hydrogen-bond donors (Lipinski definition) is 2. The lowest BCUT2D eigenvalue weighted by Gasteiger charge is -2.16. The van der Waals surface area contributed by atoms with Crippen LogP contribution in [0.5, 0.6) is 0 Å². The van der Waals surface area contributed by atoms with Gasteiger partial charge in [-0.25, -0.2) is 4.79 Å². The molecule has 2 N–H and O–H groups in total. The highest BCUT2D eigenvalue weighted by molar-refractivity contribution is 6.01. The van der Waals surface area contributed by atoms with E-state index in [1.54, 1.807) is 17.0 Å². The fraction of sp³-hybridized carbons (Fsp3) is 0.400. The molecule has 21 heavy (non-hydrogen) atoms. The van der Waals surface area contributed by atoms with Gasteiger partial charge in [0.2, 0.25) is 11.8 Å². The van der Waals surface area contributed by atoms with Crippen molar-refractivity contribution >= 4 is 17.8 Å². The zero-order valence-electron chi connectivity index (χ0n) is 11.8. The molecule has 2 amide bonds. The van der Waals surface area contributed by atoms with E-state index in [-0.39, 0.29) is 17.4 Å². The maximum Gasteiger partial charge on any atom is 0.335 e. The van der Waals surface area contributed by atoms with Crippen LogP contribution in [0.4, 0.5) is 0 Å². The first-order valence-corrected chi connectivity index (χ1v) is 6.91. The Balaban J connectivity index is 1.99. The maximum atomic E-state index is 12.2. The average molecular weight is 290 g/mol. The number of carboxylic acids is 1. The van der Waals surface area contributed by atoms with Crippen molar-refractivity contribution in [1.29, 1.82) is 0 Å². The second-order valence-corrected chi connectivity index (χ2v) is 5.00. The third-order valence-electron chi connectivity index (χ3n) is 3.54. The van der Waals surface area contributed by atoms with Crippen molar-refractivity contribution in [2.45, 2.75) is 19.9 Å². The Morgan fingerprint density at radius 2 is 2.00 bits per heavy atom. The van der Waals surface area contributed by atoms with Crippen molar-refractivity contribution in [3.63, 3.8) is 0 Å². The third-order valence-corrected chi connectivity index (χ3v) is 3.54. The first kappa shape index (κ1) is 15.0. The summed E-state index contributed by atoms with van der Waals surface area (Å²) < 4.78 is 0. The average Bonchev–Trinajstić information content (AvgIpc) is 2.81. The van der Waals surface area contributed by atoms with Crippen LogP contribution in [-0.4, -0.2) is 40.9 Å². The molecule has 0 aromatic heterocycles. The lowest BCUT2D eigenvalue weighted by Crippen LogP contribution is -2.36. The molecule has 1 heterocycles. The number of nitrogens with one attached hydrogen (secondary N) is 1. The van der Waals surface area contributed by atoms with Crippen LogP contribution < -0.4 is 5.32 Å². The molecular weight excluding hydrogens is 272 g/mol. The Morgan fingerprint density at radius 1 is 1.33 bits per heavy atom. The van der Waals surface area contributed by atoms with Crippen molar-refractivity contribution in [2.24, 2.45) is 5.92 Å². The topological polar surface area (TPSA) is 86.7 Å². The summed E-state index contributed by atoms with van der Waals surface area (Å²) >= 11 is 0. The second kappa shape index (κ2) is 6.39. The summed E-state index contributed by atoms with van der Waals surface area (Å²) in [5, 5.41) is 11.5. The van der Waals surface area contributed by atoms with Gasteiger partial charge in [0.05, 0.1) is 5.56 Å². The standard InChI is InChI=1S/C15H18N2O4/c1-2-16-13(18)12-7-8-17(14(12)19)9-10-3-5-11(6-4-10)15(20)21/h3-6,12H,2,7-9H2,1H3,(H,16,18)(H,20,21). The summed E-state index contributed by atoms with van der Waals surface area (Å²) in [6, 6.07) is 6.41. The van der Waals surface area contributed by atoms with Gasteiger partial charge in [-0.3, -0.25) is 9.59 Å². The van der Waals surface area contributed by atoms with Crippen LogP contribution in [0.3, 0.4) is 0 Å². The Morgan fingerprint density at radius 3 is 2.57 bits per heavy atom. The predicted molar refractivity (Wildman–Crippen MR) is 75.6 cm³/mol. The van der Waals surface area contributed by atoms with Gasteiger partial charge in [-0.2, -0.15) is 0 Å². The van der Waals surface area contributed by atoms with E-state index in [4.69, 9.17) is 5.11 Å². The zero-order valence-corrected chi connectivity index (χ0v) is 11.8. The maximum absolute atomic E-state index is 12.2. The summed E-state index contributed by atoms with van der Waals surface area (Å²) in [4.78, 5) is 36.3. The van der Waals surface area contributed by atoms with Gasteiger partial charge in [0, 0.05) is 19.6 Å². The van der Waals surface area contributed by atoms with Gasteiger partial charge < -0.3 is 15.3 Å². The first-order valence-electron chi connectivity index (χ1n) is 6.91. The molecule has 1 atom stereocenters. The number of carboxylic acid groups (broad SMARTS) is 1. The molecule has 0 aliphatic carbocycles. The number of nitrogens with zero attached hydrogens (tertiary/aromatic N) is 1. The molecule has 1 fully saturated rings. The Kier molecular flexibility index (Phi) is 4.57. The van der Waals surface area contributed by atoms with Crippen molar-refractivity contribution in [3.8, 4) is 0 Å². The number of carbonyl (C=O) groups is 3. The Hall–Kier alpha value is -2.37. The number of benzene rings is 1. The van der Waals surface area contributed by atoms with E-state index in [9.17, 15) is 14.4 Å². The Labute approximate surface area is 122 Å². The van der Waals surface area contributed by atoms with Crippen LogP contribution in [0.25, 0.3) is 0 Å². The molecule has 2 rings (SSSR count). The van der Waals surface area contributed by atoms with Gasteiger partial charge in [-0.15, -0.1) is 0 Å². The normalized spacial score (nSPS) is 17.9. The van der Waals surface area contributed by atoms with Crippen molar-refractivity contribution < 1.29 is 19.5 Å². The summed E-state index contributed by atoms with van der Waals surface area (Å²) in [6.45, 7) is 3.27. The van der Waals surface area contributed by atoms with Gasteiger partial charge >= 0.3 is 5.97 Å². The second-order valence-electron chi connectivity index (χ2n) is 5.00. The van der Waals surface area contributed by atoms with E-state index in [1.807, 2.05) is 6.92 Å². The smallest absolute Gasteiger partial charge is 0.335 e. The number of hydrogen-bond acceptors (Lipinski definition) is 3. The molecule has 1 saturated heterocycles. The molecule has 1 aromatic rings. The van der Waals surface area contributed by atoms with Gasteiger partial charge in [-0.05, 0) is 31.0 Å². The van der Waals surface area contributed by atoms with E-state index in [0.717, 1.165) is 5.56 Å². The minimum absolute atomic E-state index is 0.164. The minimum atomic E-state index is -0.977. The molecule has 0 bridgehead atoms. The van der Waals surface area contributed by atoms with E-state index < -0.39 is 11.9 Å². The largest absolute Gasteiger partial charge is 0.478 e. The fourth-order valence-electron chi connectivity index (χ4n) is 2.41. The molecule has 0 spiro atoms. The molecule has 112 valence electrons. The number of rotatable bonds is 5. The van der Waals surface area contributed by atoms with Crippen LogP contribution in [0.1, 0.15) is 29.3 Å². The van der Waals surface area contributed by atoms with Crippen LogP contribution >= 0.6 is 0 Å². The van der Waals surface area contributed by atoms with Crippen LogP contribution in [0.2, 0.25) is 0 Å². The highest BCUT2D eigenvalue weighted by atomic mass is 16.4. The zero-order chi connectivity index (χ0) is 15.4. The number of aromatic carboxylic acids is 1. The van der Waals surface area contributed by atoms with Crippen molar-refractivity contribution in [3.05, 3.63) is 35.4 Å². The van der Waals surface area contributed by atoms with Gasteiger partial charge in [0.1, 0.15) is 5.92 Å². The molecule has 6 heteroatoms. The van der Waals surface area contributed by atoms with Crippen molar-refractivity contribution in [2.75, 3.05) is 13.1 Å². The molecule has 1 aliphatic rings. The quantitative estimate of drug-likeness (QED) is 0.788. The minimum Gasteiger partial charge on any atom is -0.478 e. The summed E-state index contributed by atoms with van der Waals surface area (Å²) in [6.07, 6.45) is 0.526. The monoisotopic (exact) mass is 290 g/mol. The van der Waals surface area contributed by atoms with E-state index in [1.165, 1.54) is 12.1 Å². The summed E-state index contributed by atoms with van der Waals surface area (Å²) in [5.41, 5.74) is 1.07. The van der Waals surface area contributed by atoms with Crippen molar-refractivity contribution in [1.82, 2.24) is 10.2 Å². The molecule has 1 aromatic carbocycles. The van der Waals surface area contributed by atoms with Crippen LogP contribution in [0, 0.1) is 5.92 Å². The molecule has 1 unspecified atom stereocenters. The lowest BCUT2D eigenvalue weighted by molar-refractivity contribution is -0.138. The molecule has 0 radical (unpaired) electrons. The SMILES string of the molecule is CCNC(=O)C1CCN(Cc2ccc(C(=O)O)cc2)C1=O. The lowest BCUT2D eigenvalue weighted by atomic mass is 10.1. The summed E-state index contributed by atoms with van der Waals surface area (Å²) in [5.74, 6) is -1.95. The van der Waals surface area contributed by atoms with Crippen LogP contribution in [-0.2, 0) is 16.1 Å². The highest BCUT2D eigenvalue weighted by Gasteiger charge is 2.36.